The molecule has 0 aromatic heterocycles. The molecular formula is C18H12Cl2O2. The highest BCUT2D eigenvalue weighted by Crippen LogP contribution is 2.19. The van der Waals surface area contributed by atoms with Crippen molar-refractivity contribution in [1.82, 2.24) is 0 Å². The predicted molar refractivity (Wildman–Crippen MR) is 91.0 cm³/mol. The zero-order valence-corrected chi connectivity index (χ0v) is 13.0. The lowest BCUT2D eigenvalue weighted by Gasteiger charge is -2.02. The number of carbonyl (C=O) groups excluding carboxylic acids is 2. The average Bonchev–Trinajstić information content (AvgIpc) is 2.51. The van der Waals surface area contributed by atoms with Crippen molar-refractivity contribution in [3.63, 3.8) is 0 Å². The Kier molecular flexibility index (Phi) is 5.70. The average molecular weight is 331 g/mol. The Hall–Kier alpha value is -2.16. The van der Waals surface area contributed by atoms with E-state index in [1.54, 1.807) is 60.7 Å². The standard InChI is InChI=1S/C18H12Cl2O2/c19-17-5-1-3-13(9-17)7-15(11-21)16(12-22)8-14-4-2-6-18(20)10-14/h1-12H/b15-7-,16-8-. The molecule has 2 rings (SSSR count). The van der Waals surface area contributed by atoms with Crippen LogP contribution in [0.3, 0.4) is 0 Å². The van der Waals surface area contributed by atoms with Crippen LogP contribution in [0.15, 0.2) is 59.7 Å². The van der Waals surface area contributed by atoms with Gasteiger partial charge < -0.3 is 0 Å². The van der Waals surface area contributed by atoms with Crippen LogP contribution in [0.5, 0.6) is 0 Å². The first-order valence-electron chi connectivity index (χ1n) is 6.47. The molecule has 0 bridgehead atoms. The molecule has 0 N–H and O–H groups in total. The number of rotatable bonds is 5. The van der Waals surface area contributed by atoms with Gasteiger partial charge in [-0.25, -0.2) is 0 Å². The fourth-order valence-electron chi connectivity index (χ4n) is 1.92. The van der Waals surface area contributed by atoms with E-state index in [4.69, 9.17) is 23.2 Å². The second-order valence-electron chi connectivity index (χ2n) is 4.55. The maximum atomic E-state index is 11.3. The van der Waals surface area contributed by atoms with E-state index in [1.165, 1.54) is 0 Å². The summed E-state index contributed by atoms with van der Waals surface area (Å²) < 4.78 is 0. The van der Waals surface area contributed by atoms with Crippen molar-refractivity contribution in [3.8, 4) is 0 Å². The topological polar surface area (TPSA) is 34.1 Å². The van der Waals surface area contributed by atoms with Crippen LogP contribution < -0.4 is 0 Å². The third kappa shape index (κ3) is 4.42. The Morgan fingerprint density at radius 1 is 0.727 bits per heavy atom. The molecule has 2 aromatic rings. The van der Waals surface area contributed by atoms with Crippen LogP contribution in [0.2, 0.25) is 10.0 Å². The van der Waals surface area contributed by atoms with E-state index < -0.39 is 0 Å². The molecule has 0 fully saturated rings. The lowest BCUT2D eigenvalue weighted by atomic mass is 10.0. The summed E-state index contributed by atoms with van der Waals surface area (Å²) in [6.07, 6.45) is 4.52. The summed E-state index contributed by atoms with van der Waals surface area (Å²) in [5.74, 6) is 0. The molecule has 2 nitrogen and oxygen atoms in total. The van der Waals surface area contributed by atoms with Gasteiger partial charge in [0.1, 0.15) is 0 Å². The molecule has 2 aromatic carbocycles. The summed E-state index contributed by atoms with van der Waals surface area (Å²) in [5, 5.41) is 1.12. The summed E-state index contributed by atoms with van der Waals surface area (Å²) >= 11 is 11.8. The summed E-state index contributed by atoms with van der Waals surface area (Å²) in [4.78, 5) is 22.6. The predicted octanol–water partition coefficient (Wildman–Crippen LogP) is 4.86. The van der Waals surface area contributed by atoms with E-state index in [-0.39, 0.29) is 11.1 Å². The Morgan fingerprint density at radius 2 is 1.14 bits per heavy atom. The molecule has 0 heterocycles. The fourth-order valence-corrected chi connectivity index (χ4v) is 2.32. The molecule has 0 aliphatic rings. The van der Waals surface area contributed by atoms with E-state index in [0.29, 0.717) is 22.6 Å². The number of hydrogen-bond donors (Lipinski definition) is 0. The van der Waals surface area contributed by atoms with Gasteiger partial charge in [0, 0.05) is 21.2 Å². The first kappa shape index (κ1) is 16.2. The van der Waals surface area contributed by atoms with Gasteiger partial charge >= 0.3 is 0 Å². The van der Waals surface area contributed by atoms with Gasteiger partial charge in [0.25, 0.3) is 0 Å². The molecule has 4 heteroatoms. The number of halogens is 2. The van der Waals surface area contributed by atoms with Crippen LogP contribution in [-0.2, 0) is 9.59 Å². The summed E-state index contributed by atoms with van der Waals surface area (Å²) in [6.45, 7) is 0. The number of hydrogen-bond acceptors (Lipinski definition) is 2. The zero-order chi connectivity index (χ0) is 15.9. The van der Waals surface area contributed by atoms with Crippen molar-refractivity contribution in [3.05, 3.63) is 80.8 Å². The fraction of sp³-hybridized carbons (Fsp3) is 0. The summed E-state index contributed by atoms with van der Waals surface area (Å²) in [5.41, 5.74) is 2.04. The third-order valence-electron chi connectivity index (χ3n) is 2.93. The first-order chi connectivity index (χ1) is 10.6. The van der Waals surface area contributed by atoms with E-state index >= 15 is 0 Å². The lowest BCUT2D eigenvalue weighted by molar-refractivity contribution is -0.107. The first-order valence-corrected chi connectivity index (χ1v) is 7.23. The van der Waals surface area contributed by atoms with Crippen molar-refractivity contribution in [1.29, 1.82) is 0 Å². The molecule has 22 heavy (non-hydrogen) atoms. The minimum atomic E-state index is 0.275. The molecule has 0 aliphatic heterocycles. The van der Waals surface area contributed by atoms with Crippen molar-refractivity contribution < 1.29 is 9.59 Å². The Balaban J connectivity index is 2.43. The molecule has 0 aliphatic carbocycles. The molecular weight excluding hydrogens is 319 g/mol. The minimum Gasteiger partial charge on any atom is -0.298 e. The summed E-state index contributed by atoms with van der Waals surface area (Å²) in [6, 6.07) is 14.1. The molecule has 0 radical (unpaired) electrons. The van der Waals surface area contributed by atoms with Crippen LogP contribution in [0, 0.1) is 0 Å². The number of benzene rings is 2. The molecule has 0 unspecified atom stereocenters. The van der Waals surface area contributed by atoms with E-state index in [1.807, 2.05) is 0 Å². The smallest absolute Gasteiger partial charge is 0.150 e. The molecule has 0 saturated heterocycles. The van der Waals surface area contributed by atoms with Crippen LogP contribution in [-0.4, -0.2) is 12.6 Å². The quantitative estimate of drug-likeness (QED) is 0.445. The normalized spacial score (nSPS) is 12.1. The number of carbonyl (C=O) groups is 2. The highest BCUT2D eigenvalue weighted by molar-refractivity contribution is 6.31. The van der Waals surface area contributed by atoms with Crippen molar-refractivity contribution in [2.75, 3.05) is 0 Å². The van der Waals surface area contributed by atoms with Crippen molar-refractivity contribution >= 4 is 47.9 Å². The summed E-state index contributed by atoms with van der Waals surface area (Å²) in [7, 11) is 0. The van der Waals surface area contributed by atoms with Crippen molar-refractivity contribution in [2.45, 2.75) is 0 Å². The van der Waals surface area contributed by atoms with Gasteiger partial charge in [-0.3, -0.25) is 9.59 Å². The van der Waals surface area contributed by atoms with E-state index in [0.717, 1.165) is 11.1 Å². The van der Waals surface area contributed by atoms with Crippen LogP contribution >= 0.6 is 23.2 Å². The molecule has 0 spiro atoms. The maximum absolute atomic E-state index is 11.3. The highest BCUT2D eigenvalue weighted by atomic mass is 35.5. The third-order valence-corrected chi connectivity index (χ3v) is 3.40. The lowest BCUT2D eigenvalue weighted by Crippen LogP contribution is -1.93. The van der Waals surface area contributed by atoms with Gasteiger partial charge in [-0.05, 0) is 47.5 Å². The van der Waals surface area contributed by atoms with E-state index in [2.05, 4.69) is 0 Å². The van der Waals surface area contributed by atoms with Crippen LogP contribution in [0.4, 0.5) is 0 Å². The van der Waals surface area contributed by atoms with E-state index in [9.17, 15) is 9.59 Å². The van der Waals surface area contributed by atoms with Gasteiger partial charge in [-0.1, -0.05) is 47.5 Å². The van der Waals surface area contributed by atoms with Crippen LogP contribution in [0.1, 0.15) is 11.1 Å². The number of allylic oxidation sites excluding steroid dienone is 2. The van der Waals surface area contributed by atoms with Gasteiger partial charge in [0.15, 0.2) is 12.6 Å². The molecule has 0 amide bonds. The Labute approximate surface area is 138 Å². The number of aldehydes is 2. The molecule has 0 saturated carbocycles. The Bertz CT molecular complexity index is 696. The monoisotopic (exact) mass is 330 g/mol. The second-order valence-corrected chi connectivity index (χ2v) is 5.42. The minimum absolute atomic E-state index is 0.275. The second kappa shape index (κ2) is 7.74. The van der Waals surface area contributed by atoms with Crippen LogP contribution in [0.25, 0.3) is 12.2 Å². The molecule has 0 atom stereocenters. The SMILES string of the molecule is O=CC(=C/c1cccc(Cl)c1)/C(C=O)=C\c1cccc(Cl)c1. The van der Waals surface area contributed by atoms with Gasteiger partial charge in [0.05, 0.1) is 0 Å². The Morgan fingerprint density at radius 3 is 1.45 bits per heavy atom. The zero-order valence-electron chi connectivity index (χ0n) is 11.5. The highest BCUT2D eigenvalue weighted by Gasteiger charge is 2.05. The maximum Gasteiger partial charge on any atom is 0.150 e. The van der Waals surface area contributed by atoms with Gasteiger partial charge in [-0.15, -0.1) is 0 Å². The van der Waals surface area contributed by atoms with Gasteiger partial charge in [-0.2, -0.15) is 0 Å². The van der Waals surface area contributed by atoms with Gasteiger partial charge in [0.2, 0.25) is 0 Å². The molecule has 110 valence electrons. The van der Waals surface area contributed by atoms with Crippen molar-refractivity contribution in [2.24, 2.45) is 0 Å². The largest absolute Gasteiger partial charge is 0.298 e.